The maximum atomic E-state index is 12.0. The van der Waals surface area contributed by atoms with Crippen molar-refractivity contribution >= 4 is 33.3 Å². The number of H-pyrrole nitrogens is 2. The van der Waals surface area contributed by atoms with Crippen LogP contribution in [0.4, 0.5) is 11.5 Å². The van der Waals surface area contributed by atoms with Crippen LogP contribution in [0.3, 0.4) is 0 Å². The van der Waals surface area contributed by atoms with Gasteiger partial charge in [0.05, 0.1) is 15.1 Å². The van der Waals surface area contributed by atoms with E-state index in [9.17, 15) is 14.9 Å². The lowest BCUT2D eigenvalue weighted by Gasteiger charge is -1.99. The molecule has 10 heteroatoms. The third kappa shape index (κ3) is 2.41. The van der Waals surface area contributed by atoms with Gasteiger partial charge in [0.15, 0.2) is 5.82 Å². The van der Waals surface area contributed by atoms with Crippen LogP contribution in [0, 0.1) is 17.0 Å². The molecule has 0 atom stereocenters. The Hall–Kier alpha value is -2.23. The van der Waals surface area contributed by atoms with Gasteiger partial charge in [-0.25, -0.2) is 0 Å². The van der Waals surface area contributed by atoms with Crippen molar-refractivity contribution in [2.24, 2.45) is 0 Å². The number of aromatic nitrogens is 4. The number of rotatable bonds is 4. The molecule has 2 aromatic heterocycles. The van der Waals surface area contributed by atoms with E-state index in [1.807, 2.05) is 6.92 Å². The molecule has 0 saturated heterocycles. The van der Waals surface area contributed by atoms with Crippen molar-refractivity contribution < 1.29 is 9.72 Å². The molecule has 20 heavy (non-hydrogen) atoms. The van der Waals surface area contributed by atoms with Crippen LogP contribution in [0.25, 0.3) is 0 Å². The van der Waals surface area contributed by atoms with Crippen molar-refractivity contribution in [1.82, 2.24) is 20.4 Å². The number of hydrogen-bond donors (Lipinski definition) is 3. The first-order chi connectivity index (χ1) is 9.45. The maximum Gasteiger partial charge on any atom is 0.322 e. The second-order valence-corrected chi connectivity index (χ2v) is 4.77. The highest BCUT2D eigenvalue weighted by Gasteiger charge is 2.28. The van der Waals surface area contributed by atoms with Crippen LogP contribution in [-0.2, 0) is 6.42 Å². The first-order valence-electron chi connectivity index (χ1n) is 5.69. The fraction of sp³-hybridized carbons (Fsp3) is 0.300. The van der Waals surface area contributed by atoms with Gasteiger partial charge in [0.1, 0.15) is 5.69 Å². The highest BCUT2D eigenvalue weighted by atomic mass is 79.9. The lowest BCUT2D eigenvalue weighted by atomic mass is 10.3. The van der Waals surface area contributed by atoms with Crippen LogP contribution in [0.2, 0.25) is 0 Å². The van der Waals surface area contributed by atoms with Crippen molar-refractivity contribution in [3.63, 3.8) is 0 Å². The van der Waals surface area contributed by atoms with E-state index in [0.717, 1.165) is 5.69 Å². The third-order valence-corrected chi connectivity index (χ3v) is 3.53. The van der Waals surface area contributed by atoms with Gasteiger partial charge >= 0.3 is 5.69 Å². The van der Waals surface area contributed by atoms with Gasteiger partial charge in [0.25, 0.3) is 5.91 Å². The van der Waals surface area contributed by atoms with Crippen LogP contribution in [-0.4, -0.2) is 31.2 Å². The molecule has 0 aliphatic carbocycles. The zero-order chi connectivity index (χ0) is 14.9. The van der Waals surface area contributed by atoms with Gasteiger partial charge in [-0.15, -0.1) is 0 Å². The summed E-state index contributed by atoms with van der Waals surface area (Å²) in [6, 6.07) is 0. The standard InChI is InChI=1S/C10H11BrN6O3/c1-3-5-6(11)9(16-14-5)12-10(18)7-8(17(19)20)4(2)13-15-7/h3H2,1-2H3,(H,13,15)(H2,12,14,16,18). The number of carbonyl (C=O) groups is 1. The van der Waals surface area contributed by atoms with Gasteiger partial charge in [0.2, 0.25) is 5.69 Å². The van der Waals surface area contributed by atoms with Gasteiger partial charge < -0.3 is 5.32 Å². The van der Waals surface area contributed by atoms with Crippen LogP contribution in [0.15, 0.2) is 4.47 Å². The number of amides is 1. The average Bonchev–Trinajstić information content (AvgIpc) is 2.94. The Morgan fingerprint density at radius 1 is 1.45 bits per heavy atom. The quantitative estimate of drug-likeness (QED) is 0.577. The fourth-order valence-corrected chi connectivity index (χ4v) is 2.21. The summed E-state index contributed by atoms with van der Waals surface area (Å²) in [4.78, 5) is 22.3. The highest BCUT2D eigenvalue weighted by Crippen LogP contribution is 2.26. The molecule has 2 aromatic rings. The summed E-state index contributed by atoms with van der Waals surface area (Å²) in [6.07, 6.45) is 0.700. The first kappa shape index (κ1) is 14.2. The average molecular weight is 343 g/mol. The molecule has 0 spiro atoms. The summed E-state index contributed by atoms with van der Waals surface area (Å²) in [5, 5.41) is 26.1. The van der Waals surface area contributed by atoms with Gasteiger partial charge in [-0.05, 0) is 29.3 Å². The number of nitrogens with one attached hydrogen (secondary N) is 3. The van der Waals surface area contributed by atoms with E-state index in [2.05, 4.69) is 41.6 Å². The Kier molecular flexibility index (Phi) is 3.84. The van der Waals surface area contributed by atoms with E-state index in [4.69, 9.17) is 0 Å². The van der Waals surface area contributed by atoms with Crippen LogP contribution in [0.1, 0.15) is 28.8 Å². The van der Waals surface area contributed by atoms with E-state index in [1.165, 1.54) is 6.92 Å². The van der Waals surface area contributed by atoms with Crippen LogP contribution >= 0.6 is 15.9 Å². The van der Waals surface area contributed by atoms with Crippen LogP contribution < -0.4 is 5.32 Å². The molecule has 0 aromatic carbocycles. The normalized spacial score (nSPS) is 10.6. The Morgan fingerprint density at radius 3 is 2.70 bits per heavy atom. The molecular formula is C10H11BrN6O3. The minimum Gasteiger partial charge on any atom is -0.302 e. The zero-order valence-electron chi connectivity index (χ0n) is 10.7. The Morgan fingerprint density at radius 2 is 2.15 bits per heavy atom. The van der Waals surface area contributed by atoms with E-state index < -0.39 is 10.8 Å². The summed E-state index contributed by atoms with van der Waals surface area (Å²) >= 11 is 3.29. The number of aryl methyl sites for hydroxylation is 2. The predicted molar refractivity (Wildman–Crippen MR) is 73.6 cm³/mol. The molecule has 0 bridgehead atoms. The number of hydrogen-bond acceptors (Lipinski definition) is 5. The molecule has 0 fully saturated rings. The highest BCUT2D eigenvalue weighted by molar-refractivity contribution is 9.10. The van der Waals surface area contributed by atoms with E-state index in [0.29, 0.717) is 10.9 Å². The second-order valence-electron chi connectivity index (χ2n) is 3.98. The number of nitro groups is 1. The molecule has 2 rings (SSSR count). The molecule has 0 radical (unpaired) electrons. The number of aromatic amines is 2. The largest absolute Gasteiger partial charge is 0.322 e. The summed E-state index contributed by atoms with van der Waals surface area (Å²) in [6.45, 7) is 3.40. The predicted octanol–water partition coefficient (Wildman–Crippen LogP) is 1.93. The molecule has 0 aliphatic rings. The molecule has 1 amide bonds. The smallest absolute Gasteiger partial charge is 0.302 e. The lowest BCUT2D eigenvalue weighted by Crippen LogP contribution is -2.14. The second kappa shape index (κ2) is 5.41. The molecule has 0 saturated carbocycles. The first-order valence-corrected chi connectivity index (χ1v) is 6.48. The van der Waals surface area contributed by atoms with Crippen molar-refractivity contribution in [3.8, 4) is 0 Å². The van der Waals surface area contributed by atoms with E-state index in [1.54, 1.807) is 0 Å². The van der Waals surface area contributed by atoms with Gasteiger partial charge in [-0.3, -0.25) is 25.1 Å². The van der Waals surface area contributed by atoms with Crippen molar-refractivity contribution in [3.05, 3.63) is 31.7 Å². The summed E-state index contributed by atoms with van der Waals surface area (Å²) < 4.78 is 0.614. The Labute approximate surface area is 121 Å². The third-order valence-electron chi connectivity index (χ3n) is 2.67. The van der Waals surface area contributed by atoms with Crippen molar-refractivity contribution in [2.75, 3.05) is 5.32 Å². The molecule has 2 heterocycles. The minimum absolute atomic E-state index is 0.218. The molecule has 9 nitrogen and oxygen atoms in total. The van der Waals surface area contributed by atoms with E-state index in [-0.39, 0.29) is 22.9 Å². The summed E-state index contributed by atoms with van der Waals surface area (Å²) in [7, 11) is 0. The van der Waals surface area contributed by atoms with Crippen molar-refractivity contribution in [2.45, 2.75) is 20.3 Å². The number of anilines is 1. The van der Waals surface area contributed by atoms with Gasteiger partial charge in [-0.1, -0.05) is 6.92 Å². The monoisotopic (exact) mass is 342 g/mol. The number of nitrogens with zero attached hydrogens (tertiary/aromatic N) is 3. The molecule has 0 unspecified atom stereocenters. The molecule has 106 valence electrons. The lowest BCUT2D eigenvalue weighted by molar-refractivity contribution is -0.385. The molecular weight excluding hydrogens is 332 g/mol. The SMILES string of the molecule is CCc1[nH]nc(NC(=O)c2n[nH]c(C)c2[N+](=O)[O-])c1Br. The number of halogens is 1. The maximum absolute atomic E-state index is 12.0. The van der Waals surface area contributed by atoms with Crippen LogP contribution in [0.5, 0.6) is 0 Å². The fourth-order valence-electron chi connectivity index (χ4n) is 1.65. The molecule has 3 N–H and O–H groups in total. The van der Waals surface area contributed by atoms with E-state index >= 15 is 0 Å². The summed E-state index contributed by atoms with van der Waals surface area (Å²) in [5.74, 6) is -0.433. The van der Waals surface area contributed by atoms with Gasteiger partial charge in [-0.2, -0.15) is 10.2 Å². The Balaban J connectivity index is 2.29. The zero-order valence-corrected chi connectivity index (χ0v) is 12.2. The summed E-state index contributed by atoms with van der Waals surface area (Å²) in [5.41, 5.74) is 0.411. The van der Waals surface area contributed by atoms with Crippen molar-refractivity contribution in [1.29, 1.82) is 0 Å². The topological polar surface area (TPSA) is 130 Å². The number of carbonyl (C=O) groups excluding carboxylic acids is 1. The van der Waals surface area contributed by atoms with Gasteiger partial charge in [0, 0.05) is 0 Å². The Bertz CT molecular complexity index is 677. The molecule has 0 aliphatic heterocycles. The minimum atomic E-state index is -0.698.